The Balaban J connectivity index is 1.75. The molecule has 2 saturated heterocycles. The molecule has 0 aromatic rings. The molecule has 0 saturated carbocycles. The van der Waals surface area contributed by atoms with E-state index >= 15 is 0 Å². The number of hydrogen-bond acceptors (Lipinski definition) is 4. The summed E-state index contributed by atoms with van der Waals surface area (Å²) in [5, 5.41) is 3.84. The van der Waals surface area contributed by atoms with Crippen LogP contribution in [0, 0.1) is 5.92 Å². The summed E-state index contributed by atoms with van der Waals surface area (Å²) in [6, 6.07) is 0.644. The topological polar surface area (TPSA) is 21.8 Å². The predicted molar refractivity (Wildman–Crippen MR) is 90.8 cm³/mol. The van der Waals surface area contributed by atoms with Crippen molar-refractivity contribution in [2.75, 3.05) is 59.9 Å². The maximum atomic E-state index is 3.84. The zero-order valence-corrected chi connectivity index (χ0v) is 14.9. The van der Waals surface area contributed by atoms with Crippen LogP contribution in [0.4, 0.5) is 0 Å². The summed E-state index contributed by atoms with van der Waals surface area (Å²) in [7, 11) is 4.47. The van der Waals surface area contributed by atoms with Crippen LogP contribution in [0.5, 0.6) is 0 Å². The molecular weight excluding hydrogens is 260 g/mol. The second kappa shape index (κ2) is 7.40. The summed E-state index contributed by atoms with van der Waals surface area (Å²) in [5.41, 5.74) is 0.265. The fourth-order valence-electron chi connectivity index (χ4n) is 3.63. The number of rotatable bonds is 5. The van der Waals surface area contributed by atoms with Crippen LogP contribution in [-0.4, -0.2) is 86.2 Å². The molecule has 0 radical (unpaired) electrons. The van der Waals surface area contributed by atoms with Gasteiger partial charge in [-0.2, -0.15) is 0 Å². The van der Waals surface area contributed by atoms with Gasteiger partial charge >= 0.3 is 0 Å². The number of nitrogens with one attached hydrogen (secondary N) is 1. The highest BCUT2D eigenvalue weighted by atomic mass is 15.3. The van der Waals surface area contributed by atoms with Crippen molar-refractivity contribution in [3.05, 3.63) is 0 Å². The monoisotopic (exact) mass is 296 g/mol. The first-order valence-corrected chi connectivity index (χ1v) is 8.74. The van der Waals surface area contributed by atoms with E-state index in [1.807, 2.05) is 0 Å². The molecule has 0 spiro atoms. The summed E-state index contributed by atoms with van der Waals surface area (Å²) < 4.78 is 0. The van der Waals surface area contributed by atoms with E-state index in [9.17, 15) is 0 Å². The highest BCUT2D eigenvalue weighted by Crippen LogP contribution is 2.21. The molecule has 2 heterocycles. The molecule has 2 fully saturated rings. The molecule has 0 aliphatic carbocycles. The molecule has 4 nitrogen and oxygen atoms in total. The first kappa shape index (κ1) is 17.2. The zero-order valence-electron chi connectivity index (χ0n) is 14.9. The van der Waals surface area contributed by atoms with Gasteiger partial charge in [-0.1, -0.05) is 0 Å². The molecule has 2 rings (SSSR count). The van der Waals surface area contributed by atoms with Gasteiger partial charge in [-0.25, -0.2) is 0 Å². The van der Waals surface area contributed by atoms with Gasteiger partial charge in [-0.3, -0.25) is 4.90 Å². The normalized spacial score (nSPS) is 26.1. The molecule has 0 amide bonds. The lowest BCUT2D eigenvalue weighted by Gasteiger charge is -2.44. The van der Waals surface area contributed by atoms with Crippen molar-refractivity contribution in [1.82, 2.24) is 20.0 Å². The molecule has 124 valence electrons. The van der Waals surface area contributed by atoms with Crippen molar-refractivity contribution >= 4 is 0 Å². The van der Waals surface area contributed by atoms with Crippen molar-refractivity contribution in [3.63, 3.8) is 0 Å². The molecule has 0 aromatic carbocycles. The molecule has 0 bridgehead atoms. The first-order valence-electron chi connectivity index (χ1n) is 8.74. The van der Waals surface area contributed by atoms with Crippen molar-refractivity contribution in [1.29, 1.82) is 0 Å². The predicted octanol–water partition coefficient (Wildman–Crippen LogP) is 1.33. The average Bonchev–Trinajstić information content (AvgIpc) is 2.46. The molecule has 2 aliphatic heterocycles. The standard InChI is InChI=1S/C17H36N4/c1-15(16-6-8-19(4)9-7-16)18-14-17(2,3)21-12-10-20(5)11-13-21/h15-16,18H,6-14H2,1-5H3. The lowest BCUT2D eigenvalue weighted by molar-refractivity contribution is 0.0577. The van der Waals surface area contributed by atoms with Gasteiger partial charge in [0.1, 0.15) is 0 Å². The van der Waals surface area contributed by atoms with E-state index in [0.717, 1.165) is 12.5 Å². The Labute approximate surface area is 131 Å². The average molecular weight is 297 g/mol. The SMILES string of the molecule is CC(NCC(C)(C)N1CCN(C)CC1)C1CCN(C)CC1. The first-order chi connectivity index (χ1) is 9.88. The van der Waals surface area contributed by atoms with Crippen molar-refractivity contribution < 1.29 is 0 Å². The van der Waals surface area contributed by atoms with Crippen LogP contribution in [0.1, 0.15) is 33.6 Å². The fraction of sp³-hybridized carbons (Fsp3) is 1.00. The largest absolute Gasteiger partial charge is 0.312 e. The Morgan fingerprint density at radius 3 is 2.05 bits per heavy atom. The Morgan fingerprint density at radius 2 is 1.48 bits per heavy atom. The van der Waals surface area contributed by atoms with Crippen LogP contribution in [0.3, 0.4) is 0 Å². The van der Waals surface area contributed by atoms with E-state index in [1.54, 1.807) is 0 Å². The van der Waals surface area contributed by atoms with E-state index in [0.29, 0.717) is 6.04 Å². The zero-order chi connectivity index (χ0) is 15.5. The highest BCUT2D eigenvalue weighted by Gasteiger charge is 2.30. The van der Waals surface area contributed by atoms with Crippen LogP contribution >= 0.6 is 0 Å². The molecule has 1 N–H and O–H groups in total. The van der Waals surface area contributed by atoms with Crippen molar-refractivity contribution in [2.24, 2.45) is 5.92 Å². The smallest absolute Gasteiger partial charge is 0.0278 e. The minimum Gasteiger partial charge on any atom is -0.312 e. The molecule has 4 heteroatoms. The number of likely N-dealkylation sites (tertiary alicyclic amines) is 1. The summed E-state index contributed by atoms with van der Waals surface area (Å²) >= 11 is 0. The van der Waals surface area contributed by atoms with Crippen LogP contribution in [0.25, 0.3) is 0 Å². The van der Waals surface area contributed by atoms with Gasteiger partial charge in [0.25, 0.3) is 0 Å². The van der Waals surface area contributed by atoms with Gasteiger partial charge in [0.05, 0.1) is 0 Å². The van der Waals surface area contributed by atoms with E-state index in [-0.39, 0.29) is 5.54 Å². The van der Waals surface area contributed by atoms with E-state index in [2.05, 4.69) is 54.9 Å². The van der Waals surface area contributed by atoms with Crippen LogP contribution in [-0.2, 0) is 0 Å². The Bertz CT molecular complexity index is 302. The van der Waals surface area contributed by atoms with Crippen LogP contribution < -0.4 is 5.32 Å². The summed E-state index contributed by atoms with van der Waals surface area (Å²) in [6.07, 6.45) is 2.69. The molecule has 0 aromatic heterocycles. The maximum Gasteiger partial charge on any atom is 0.0278 e. The van der Waals surface area contributed by atoms with Crippen LogP contribution in [0.2, 0.25) is 0 Å². The second-order valence-electron chi connectivity index (χ2n) is 7.91. The molecule has 2 aliphatic rings. The van der Waals surface area contributed by atoms with Gasteiger partial charge in [-0.15, -0.1) is 0 Å². The van der Waals surface area contributed by atoms with Gasteiger partial charge in [0.2, 0.25) is 0 Å². The van der Waals surface area contributed by atoms with Crippen molar-refractivity contribution in [2.45, 2.75) is 45.2 Å². The lowest BCUT2D eigenvalue weighted by atomic mass is 9.90. The van der Waals surface area contributed by atoms with E-state index in [1.165, 1.54) is 52.1 Å². The summed E-state index contributed by atoms with van der Waals surface area (Å²) in [5.74, 6) is 0.851. The third kappa shape index (κ3) is 4.92. The summed E-state index contributed by atoms with van der Waals surface area (Å²) in [6.45, 7) is 15.6. The second-order valence-corrected chi connectivity index (χ2v) is 7.91. The third-order valence-corrected chi connectivity index (χ3v) is 5.69. The quantitative estimate of drug-likeness (QED) is 0.826. The van der Waals surface area contributed by atoms with Gasteiger partial charge in [0, 0.05) is 44.3 Å². The number of likely N-dealkylation sites (N-methyl/N-ethyl adjacent to an activating group) is 1. The Morgan fingerprint density at radius 1 is 0.952 bits per heavy atom. The van der Waals surface area contributed by atoms with Gasteiger partial charge in [-0.05, 0) is 66.7 Å². The number of piperidine rings is 1. The summed E-state index contributed by atoms with van der Waals surface area (Å²) in [4.78, 5) is 7.54. The fourth-order valence-corrected chi connectivity index (χ4v) is 3.63. The maximum absolute atomic E-state index is 3.84. The molecule has 21 heavy (non-hydrogen) atoms. The van der Waals surface area contributed by atoms with Crippen molar-refractivity contribution in [3.8, 4) is 0 Å². The number of hydrogen-bond donors (Lipinski definition) is 1. The minimum atomic E-state index is 0.265. The Kier molecular flexibility index (Phi) is 6.06. The molecular formula is C17H36N4. The molecule has 1 unspecified atom stereocenters. The molecule has 1 atom stereocenters. The third-order valence-electron chi connectivity index (χ3n) is 5.69. The van der Waals surface area contributed by atoms with Gasteiger partial charge < -0.3 is 15.1 Å². The highest BCUT2D eigenvalue weighted by molar-refractivity contribution is 4.89. The van der Waals surface area contributed by atoms with E-state index < -0.39 is 0 Å². The van der Waals surface area contributed by atoms with E-state index in [4.69, 9.17) is 0 Å². The number of nitrogens with zero attached hydrogens (tertiary/aromatic N) is 3. The minimum absolute atomic E-state index is 0.265. The van der Waals surface area contributed by atoms with Crippen LogP contribution in [0.15, 0.2) is 0 Å². The lowest BCUT2D eigenvalue weighted by Crippen LogP contribution is -2.58. The Hall–Kier alpha value is -0.160. The van der Waals surface area contributed by atoms with Gasteiger partial charge in [0.15, 0.2) is 0 Å². The number of piperazine rings is 1.